The number of nitrogens with zero attached hydrogens (tertiary/aromatic N) is 11. The first kappa shape index (κ1) is 78.2. The number of alkyl halides is 9. The van der Waals surface area contributed by atoms with Crippen molar-refractivity contribution in [1.29, 1.82) is 0 Å². The number of amides is 6. The van der Waals surface area contributed by atoms with Gasteiger partial charge in [-0.3, -0.25) is 38.7 Å². The molecule has 0 aliphatic carbocycles. The van der Waals surface area contributed by atoms with Crippen LogP contribution < -0.4 is 35.4 Å². The molecule has 0 saturated carbocycles. The first-order chi connectivity index (χ1) is 54.0. The monoisotopic (exact) mass is 1550 g/mol. The maximum atomic E-state index is 13.9. The molecule has 0 saturated heterocycles. The highest BCUT2D eigenvalue weighted by Crippen LogP contribution is 2.53. The fraction of sp³-hybridized carbons (Fsp3) is 0.167. The van der Waals surface area contributed by atoms with Crippen LogP contribution in [0.3, 0.4) is 0 Å². The van der Waals surface area contributed by atoms with Gasteiger partial charge < -0.3 is 20.7 Å². The molecule has 5 aromatic heterocycles. The van der Waals surface area contributed by atoms with Crippen LogP contribution >= 0.6 is 0 Å². The number of hydrogen-bond donors (Lipinski definition) is 3. The minimum atomic E-state index is -5.00. The molecule has 7 aromatic carbocycles. The average Bonchev–Trinajstić information content (AvgIpc) is 1.58. The molecule has 30 heteroatoms. The van der Waals surface area contributed by atoms with Gasteiger partial charge in [0.15, 0.2) is 0 Å². The summed E-state index contributed by atoms with van der Waals surface area (Å²) in [5, 5.41) is 7.66. The summed E-state index contributed by atoms with van der Waals surface area (Å²) < 4.78 is 127. The largest absolute Gasteiger partial charge is 0.573 e. The number of ether oxygens (including phenoxy) is 1. The number of aromatic nitrogens is 8. The molecule has 114 heavy (non-hydrogen) atoms. The van der Waals surface area contributed by atoms with Gasteiger partial charge in [0.1, 0.15) is 5.75 Å². The Morgan fingerprint density at radius 2 is 0.728 bits per heavy atom. The van der Waals surface area contributed by atoms with E-state index in [1.165, 1.54) is 101 Å². The molecule has 8 heterocycles. The standard InChI is InChI=1S/C29H23F3N4O3.C28H22F3N5O2.C27H20F3N5O2/c1-17-8-11-19(12-9-17)35-25(37)21-16-18(10-13-23(21)39-29(30,31)32)20-6-4-7-22-24(20)28(2,3)26(38)36(22)27-33-14-5-15-34-27;1-16-8-10-17(11-9-16)35-24(37)19-14-21(34-15-20(19)28(29,30)31)18-6-4-7-22-23(18)27(2,3)25(38)36(22)26-32-12-5-13-33-26;1-26(2)22-18(5-3-6-21(22)35(24(26)37)25-32-11-4-12-33-25)16-7-8-20(27(28,29)30)19(15-16)23(36)34-17-9-13-31-14-10-17/h4-16H,1-3H3,(H,35,37);4-15H,1-3H3,(H,35,37);3-15H,1-2H3,(H,31,34,36). The third kappa shape index (κ3) is 15.5. The lowest BCUT2D eigenvalue weighted by molar-refractivity contribution is -0.274. The zero-order valence-electron chi connectivity index (χ0n) is 61.6. The number of hydrogen-bond acceptors (Lipinski definition) is 15. The van der Waals surface area contributed by atoms with Crippen LogP contribution in [0.15, 0.2) is 232 Å². The number of carbonyl (C=O) groups excluding carboxylic acids is 6. The van der Waals surface area contributed by atoms with Gasteiger partial charge in [-0.05, 0) is 192 Å². The third-order valence-electron chi connectivity index (χ3n) is 19.1. The van der Waals surface area contributed by atoms with E-state index >= 15 is 0 Å². The van der Waals surface area contributed by atoms with Gasteiger partial charge in [0, 0.05) is 84.0 Å². The molecule has 3 N–H and O–H groups in total. The van der Waals surface area contributed by atoms with Crippen molar-refractivity contribution in [1.82, 2.24) is 39.9 Å². The fourth-order valence-corrected chi connectivity index (χ4v) is 13.7. The van der Waals surface area contributed by atoms with Crippen molar-refractivity contribution in [2.24, 2.45) is 0 Å². The smallest absolute Gasteiger partial charge is 0.405 e. The van der Waals surface area contributed by atoms with E-state index in [0.717, 1.165) is 29.3 Å². The van der Waals surface area contributed by atoms with Crippen LogP contribution in [0, 0.1) is 13.8 Å². The van der Waals surface area contributed by atoms with Crippen LogP contribution in [0.5, 0.6) is 5.75 Å². The Balaban J connectivity index is 0.000000149. The maximum Gasteiger partial charge on any atom is 0.573 e. The van der Waals surface area contributed by atoms with Crippen molar-refractivity contribution in [3.63, 3.8) is 0 Å². The van der Waals surface area contributed by atoms with Gasteiger partial charge in [-0.1, -0.05) is 83.9 Å². The van der Waals surface area contributed by atoms with Gasteiger partial charge in [-0.15, -0.1) is 13.2 Å². The van der Waals surface area contributed by atoms with Gasteiger partial charge in [-0.25, -0.2) is 44.6 Å². The number of benzene rings is 7. The number of aryl methyl sites for hydroxylation is 2. The topological polar surface area (TPSA) is 261 Å². The number of nitrogens with one attached hydrogen (secondary N) is 3. The van der Waals surface area contributed by atoms with E-state index in [-0.39, 0.29) is 46.8 Å². The molecule has 576 valence electrons. The van der Waals surface area contributed by atoms with E-state index in [1.54, 1.807) is 163 Å². The summed E-state index contributed by atoms with van der Waals surface area (Å²) in [7, 11) is 0. The predicted molar refractivity (Wildman–Crippen MR) is 407 cm³/mol. The normalized spacial score (nSPS) is 14.3. The average molecular weight is 1550 g/mol. The SMILES string of the molecule is CC1(C)C(=O)N(c2ncccn2)c2cccc(-c3ccc(C(F)(F)F)c(C(=O)Nc4ccncc4)c3)c21.Cc1ccc(NC(=O)c2cc(-c3cccc4c3C(C)(C)C(=O)N4c3ncccn3)ccc2OC(F)(F)F)cc1.Cc1ccc(NC(=O)c2cc(-c3cccc4c3C(C)(C)C(=O)N4c3ncccn3)ncc2C(F)(F)F)cc1. The second-order valence-corrected chi connectivity index (χ2v) is 28.0. The molecule has 3 aliphatic heterocycles. The minimum Gasteiger partial charge on any atom is -0.405 e. The van der Waals surface area contributed by atoms with E-state index in [0.29, 0.717) is 84.8 Å². The Bertz CT molecular complexity index is 5740. The number of halogens is 9. The Morgan fingerprint density at radius 1 is 0.377 bits per heavy atom. The fourth-order valence-electron chi connectivity index (χ4n) is 13.7. The molecule has 0 radical (unpaired) electrons. The summed E-state index contributed by atoms with van der Waals surface area (Å²) in [5.74, 6) is -3.50. The number of pyridine rings is 2. The minimum absolute atomic E-state index is 0.126. The summed E-state index contributed by atoms with van der Waals surface area (Å²) in [4.78, 5) is 117. The van der Waals surface area contributed by atoms with E-state index in [2.05, 4.69) is 60.6 Å². The molecular weight excluding hydrogens is 1490 g/mol. The summed E-state index contributed by atoms with van der Waals surface area (Å²) in [6, 6.07) is 45.3. The summed E-state index contributed by atoms with van der Waals surface area (Å²) in [6.45, 7) is 14.2. The first-order valence-corrected chi connectivity index (χ1v) is 34.9. The van der Waals surface area contributed by atoms with Crippen LogP contribution in [0.1, 0.15) is 112 Å². The van der Waals surface area contributed by atoms with Gasteiger partial charge in [0.25, 0.3) is 17.7 Å². The maximum absolute atomic E-state index is 13.9. The highest BCUT2D eigenvalue weighted by atomic mass is 19.4. The molecule has 3 aliphatic rings. The number of anilines is 9. The van der Waals surface area contributed by atoms with Crippen molar-refractivity contribution in [3.05, 3.63) is 287 Å². The van der Waals surface area contributed by atoms with Gasteiger partial charge in [-0.2, -0.15) is 26.3 Å². The zero-order valence-corrected chi connectivity index (χ0v) is 61.6. The second-order valence-electron chi connectivity index (χ2n) is 28.0. The highest BCUT2D eigenvalue weighted by Gasteiger charge is 2.51. The van der Waals surface area contributed by atoms with Gasteiger partial charge in [0.05, 0.1) is 66.8 Å². The summed E-state index contributed by atoms with van der Waals surface area (Å²) >= 11 is 0. The molecule has 0 bridgehead atoms. The molecule has 6 amide bonds. The Kier molecular flexibility index (Phi) is 20.8. The molecule has 0 fully saturated rings. The van der Waals surface area contributed by atoms with E-state index in [1.807, 2.05) is 13.8 Å². The second kappa shape index (κ2) is 30.4. The number of rotatable bonds is 13. The molecule has 0 unspecified atom stereocenters. The van der Waals surface area contributed by atoms with E-state index in [9.17, 15) is 68.3 Å². The van der Waals surface area contributed by atoms with E-state index in [4.69, 9.17) is 0 Å². The van der Waals surface area contributed by atoms with Crippen molar-refractivity contribution in [2.45, 2.75) is 90.3 Å². The lowest BCUT2D eigenvalue weighted by Crippen LogP contribution is -2.34. The Morgan fingerprint density at radius 3 is 1.12 bits per heavy atom. The lowest BCUT2D eigenvalue weighted by Gasteiger charge is -2.20. The first-order valence-electron chi connectivity index (χ1n) is 34.9. The number of carbonyl (C=O) groups is 6. The quantitative estimate of drug-likeness (QED) is 0.0907. The highest BCUT2D eigenvalue weighted by molar-refractivity contribution is 6.16. The lowest BCUT2D eigenvalue weighted by atomic mass is 9.81. The molecule has 0 spiro atoms. The van der Waals surface area contributed by atoms with Crippen LogP contribution in [0.25, 0.3) is 33.5 Å². The summed E-state index contributed by atoms with van der Waals surface area (Å²) in [6.07, 6.45) is -1.93. The van der Waals surface area contributed by atoms with Crippen molar-refractivity contribution >= 4 is 87.4 Å². The number of fused-ring (bicyclic) bond motifs is 3. The van der Waals surface area contributed by atoms with Crippen LogP contribution in [0.2, 0.25) is 0 Å². The third-order valence-corrected chi connectivity index (χ3v) is 19.1. The Labute approximate surface area is 645 Å². The van der Waals surface area contributed by atoms with Crippen molar-refractivity contribution < 1.29 is 73.0 Å². The molecule has 21 nitrogen and oxygen atoms in total. The summed E-state index contributed by atoms with van der Waals surface area (Å²) in [5.41, 5.74) is 2.04. The van der Waals surface area contributed by atoms with Crippen LogP contribution in [0.4, 0.5) is 91.5 Å². The van der Waals surface area contributed by atoms with Crippen LogP contribution in [-0.2, 0) is 43.0 Å². The van der Waals surface area contributed by atoms with Crippen molar-refractivity contribution in [2.75, 3.05) is 30.7 Å². The Hall–Kier alpha value is -13.9. The van der Waals surface area contributed by atoms with Gasteiger partial charge in [0.2, 0.25) is 35.6 Å². The molecule has 15 rings (SSSR count). The molecule has 12 aromatic rings. The molecular formula is C84H65F9N14O7. The van der Waals surface area contributed by atoms with Crippen LogP contribution in [-0.4, -0.2) is 81.7 Å². The van der Waals surface area contributed by atoms with Crippen molar-refractivity contribution in [3.8, 4) is 39.3 Å². The van der Waals surface area contributed by atoms with Gasteiger partial charge >= 0.3 is 18.7 Å². The molecule has 0 atom stereocenters. The zero-order chi connectivity index (χ0) is 81.6. The van der Waals surface area contributed by atoms with E-state index < -0.39 is 80.7 Å². The predicted octanol–water partition coefficient (Wildman–Crippen LogP) is 18.4.